The van der Waals surface area contributed by atoms with E-state index in [0.29, 0.717) is 12.0 Å². The summed E-state index contributed by atoms with van der Waals surface area (Å²) in [6.07, 6.45) is 2.16. The van der Waals surface area contributed by atoms with Gasteiger partial charge in [0, 0.05) is 13.2 Å². The first-order chi connectivity index (χ1) is 10.3. The molecule has 2 aliphatic rings. The van der Waals surface area contributed by atoms with Crippen molar-refractivity contribution in [3.8, 4) is 0 Å². The van der Waals surface area contributed by atoms with Crippen molar-refractivity contribution in [2.45, 2.75) is 31.9 Å². The molecule has 1 N–H and O–H groups in total. The normalized spacial score (nSPS) is 29.0. The maximum Gasteiger partial charge on any atom is 0.141 e. The van der Waals surface area contributed by atoms with Gasteiger partial charge in [0.15, 0.2) is 0 Å². The number of anilines is 1. The highest BCUT2D eigenvalue weighted by atomic mass is 32.1. The molecule has 1 aliphatic heterocycles. The zero-order chi connectivity index (χ0) is 14.4. The molecule has 21 heavy (non-hydrogen) atoms. The highest BCUT2D eigenvalue weighted by Crippen LogP contribution is 2.38. The van der Waals surface area contributed by atoms with Crippen molar-refractivity contribution < 1.29 is 9.84 Å². The van der Waals surface area contributed by atoms with Gasteiger partial charge in [-0.1, -0.05) is 0 Å². The molecule has 0 radical (unpaired) electrons. The van der Waals surface area contributed by atoms with E-state index in [0.717, 1.165) is 47.9 Å². The Bertz CT molecular complexity index is 659. The summed E-state index contributed by atoms with van der Waals surface area (Å²) in [4.78, 5) is 12.7. The SMILES string of the molecule is Cc1nc(N2CCOC3C[C@H](CO)C[C@@H]32)c2ccsc2n1. The van der Waals surface area contributed by atoms with Crippen molar-refractivity contribution >= 4 is 27.4 Å². The summed E-state index contributed by atoms with van der Waals surface area (Å²) in [5.41, 5.74) is 0. The molecule has 1 aliphatic carbocycles. The lowest BCUT2D eigenvalue weighted by Crippen LogP contribution is -2.49. The van der Waals surface area contributed by atoms with Crippen molar-refractivity contribution in [1.82, 2.24) is 9.97 Å². The molecule has 2 fully saturated rings. The number of rotatable bonds is 2. The Morgan fingerprint density at radius 3 is 3.19 bits per heavy atom. The van der Waals surface area contributed by atoms with Gasteiger partial charge >= 0.3 is 0 Å². The Morgan fingerprint density at radius 1 is 1.43 bits per heavy atom. The van der Waals surface area contributed by atoms with Crippen molar-refractivity contribution in [2.75, 3.05) is 24.7 Å². The molecule has 1 saturated heterocycles. The van der Waals surface area contributed by atoms with Gasteiger partial charge in [-0.2, -0.15) is 0 Å². The number of aliphatic hydroxyl groups excluding tert-OH is 1. The summed E-state index contributed by atoms with van der Waals surface area (Å²) in [5, 5.41) is 12.7. The minimum Gasteiger partial charge on any atom is -0.396 e. The molecule has 6 heteroatoms. The number of hydrogen-bond acceptors (Lipinski definition) is 6. The van der Waals surface area contributed by atoms with Crippen LogP contribution in [-0.4, -0.2) is 47.0 Å². The first-order valence-corrected chi connectivity index (χ1v) is 8.35. The average molecular weight is 305 g/mol. The van der Waals surface area contributed by atoms with Crippen molar-refractivity contribution in [2.24, 2.45) is 5.92 Å². The summed E-state index contributed by atoms with van der Waals surface area (Å²) in [6, 6.07) is 2.44. The molecule has 0 spiro atoms. The number of nitrogens with zero attached hydrogens (tertiary/aromatic N) is 3. The van der Waals surface area contributed by atoms with Gasteiger partial charge in [0.25, 0.3) is 0 Å². The van der Waals surface area contributed by atoms with E-state index in [4.69, 9.17) is 9.72 Å². The van der Waals surface area contributed by atoms with Gasteiger partial charge in [-0.15, -0.1) is 11.3 Å². The van der Waals surface area contributed by atoms with Crippen LogP contribution < -0.4 is 4.90 Å². The van der Waals surface area contributed by atoms with Crippen LogP contribution in [0.4, 0.5) is 5.82 Å². The Hall–Kier alpha value is -1.24. The maximum atomic E-state index is 9.45. The molecule has 3 atom stereocenters. The second kappa shape index (κ2) is 5.19. The van der Waals surface area contributed by atoms with Gasteiger partial charge in [-0.05, 0) is 37.1 Å². The summed E-state index contributed by atoms with van der Waals surface area (Å²) >= 11 is 1.66. The fourth-order valence-corrected chi connectivity index (χ4v) is 4.43. The highest BCUT2D eigenvalue weighted by Gasteiger charge is 2.41. The zero-order valence-electron chi connectivity index (χ0n) is 12.0. The van der Waals surface area contributed by atoms with Crippen LogP contribution in [0.5, 0.6) is 0 Å². The predicted molar refractivity (Wildman–Crippen MR) is 82.8 cm³/mol. The summed E-state index contributed by atoms with van der Waals surface area (Å²) < 4.78 is 5.92. The van der Waals surface area contributed by atoms with Gasteiger partial charge in [-0.3, -0.25) is 0 Å². The minimum atomic E-state index is 0.222. The van der Waals surface area contributed by atoms with Crippen LogP contribution in [0.25, 0.3) is 10.2 Å². The largest absolute Gasteiger partial charge is 0.396 e. The Labute approximate surface area is 127 Å². The van der Waals surface area contributed by atoms with Crippen molar-refractivity contribution in [3.05, 3.63) is 17.3 Å². The zero-order valence-corrected chi connectivity index (χ0v) is 12.8. The lowest BCUT2D eigenvalue weighted by Gasteiger charge is -2.38. The lowest BCUT2D eigenvalue weighted by molar-refractivity contribution is 0.0229. The van der Waals surface area contributed by atoms with E-state index in [1.54, 1.807) is 11.3 Å². The van der Waals surface area contributed by atoms with E-state index in [2.05, 4.69) is 21.3 Å². The molecule has 4 rings (SSSR count). The van der Waals surface area contributed by atoms with Crippen LogP contribution in [0.1, 0.15) is 18.7 Å². The van der Waals surface area contributed by atoms with Crippen LogP contribution in [-0.2, 0) is 4.74 Å². The highest BCUT2D eigenvalue weighted by molar-refractivity contribution is 7.16. The van der Waals surface area contributed by atoms with E-state index < -0.39 is 0 Å². The summed E-state index contributed by atoms with van der Waals surface area (Å²) in [7, 11) is 0. The smallest absolute Gasteiger partial charge is 0.141 e. The fourth-order valence-electron chi connectivity index (χ4n) is 3.62. The third kappa shape index (κ3) is 2.22. The van der Waals surface area contributed by atoms with Crippen LogP contribution in [0, 0.1) is 12.8 Å². The maximum absolute atomic E-state index is 9.45. The van der Waals surface area contributed by atoms with E-state index in [1.807, 2.05) is 6.92 Å². The molecule has 2 aromatic heterocycles. The van der Waals surface area contributed by atoms with Crippen molar-refractivity contribution in [3.63, 3.8) is 0 Å². The first-order valence-electron chi connectivity index (χ1n) is 7.47. The molecule has 0 aromatic carbocycles. The molecule has 1 unspecified atom stereocenters. The Morgan fingerprint density at radius 2 is 2.33 bits per heavy atom. The molecular formula is C15H19N3O2S. The van der Waals surface area contributed by atoms with Crippen LogP contribution in [0.2, 0.25) is 0 Å². The molecule has 112 valence electrons. The van der Waals surface area contributed by atoms with E-state index in [1.165, 1.54) is 0 Å². The average Bonchev–Trinajstić information content (AvgIpc) is 3.11. The molecule has 0 amide bonds. The monoisotopic (exact) mass is 305 g/mol. The molecule has 2 aromatic rings. The standard InChI is InChI=1S/C15H19N3O2S/c1-9-16-14(11-2-5-21-15(11)17-9)18-3-4-20-13-7-10(8-19)6-12(13)18/h2,5,10,12-13,19H,3-4,6-8H2,1H3/t10-,12+,13?/m1/s1. The van der Waals surface area contributed by atoms with Crippen LogP contribution in [0.3, 0.4) is 0 Å². The van der Waals surface area contributed by atoms with Gasteiger partial charge in [-0.25, -0.2) is 9.97 Å². The first kappa shape index (κ1) is 13.4. The van der Waals surface area contributed by atoms with E-state index in [9.17, 15) is 5.11 Å². The number of aromatic nitrogens is 2. The number of morpholine rings is 1. The molecule has 5 nitrogen and oxygen atoms in total. The summed E-state index contributed by atoms with van der Waals surface area (Å²) in [6.45, 7) is 3.79. The number of fused-ring (bicyclic) bond motifs is 2. The number of thiophene rings is 1. The van der Waals surface area contributed by atoms with Crippen LogP contribution in [0.15, 0.2) is 11.4 Å². The van der Waals surface area contributed by atoms with Crippen LogP contribution >= 0.6 is 11.3 Å². The molecule has 0 bridgehead atoms. The second-order valence-corrected chi connectivity index (χ2v) is 6.82. The third-order valence-corrected chi connectivity index (χ3v) is 5.39. The topological polar surface area (TPSA) is 58.5 Å². The molecule has 1 saturated carbocycles. The van der Waals surface area contributed by atoms with Crippen molar-refractivity contribution in [1.29, 1.82) is 0 Å². The van der Waals surface area contributed by atoms with Gasteiger partial charge in [0.05, 0.1) is 24.1 Å². The quantitative estimate of drug-likeness (QED) is 0.919. The fraction of sp³-hybridized carbons (Fsp3) is 0.600. The third-order valence-electron chi connectivity index (χ3n) is 4.58. The molecular weight excluding hydrogens is 286 g/mol. The number of aryl methyl sites for hydroxylation is 1. The van der Waals surface area contributed by atoms with E-state index in [-0.39, 0.29) is 12.7 Å². The van der Waals surface area contributed by atoms with Gasteiger partial charge in [0.1, 0.15) is 16.5 Å². The number of ether oxygens (including phenoxy) is 1. The second-order valence-electron chi connectivity index (χ2n) is 5.92. The minimum absolute atomic E-state index is 0.222. The Kier molecular flexibility index (Phi) is 3.32. The van der Waals surface area contributed by atoms with Gasteiger partial charge in [0.2, 0.25) is 0 Å². The number of aliphatic hydroxyl groups is 1. The Balaban J connectivity index is 1.75. The lowest BCUT2D eigenvalue weighted by atomic mass is 10.1. The van der Waals surface area contributed by atoms with E-state index >= 15 is 0 Å². The predicted octanol–water partition coefficient (Wildman–Crippen LogP) is 1.98. The summed E-state index contributed by atoms with van der Waals surface area (Å²) in [5.74, 6) is 2.21. The van der Waals surface area contributed by atoms with Gasteiger partial charge < -0.3 is 14.7 Å². The molecule has 3 heterocycles. The number of hydrogen-bond donors (Lipinski definition) is 1.